The minimum absolute atomic E-state index is 0.0178. The van der Waals surface area contributed by atoms with E-state index in [4.69, 9.17) is 5.73 Å². The van der Waals surface area contributed by atoms with Crippen LogP contribution < -0.4 is 11.1 Å². The van der Waals surface area contributed by atoms with Crippen LogP contribution in [-0.4, -0.2) is 43.8 Å². The first-order chi connectivity index (χ1) is 18.2. The molecule has 1 aliphatic heterocycles. The average Bonchev–Trinajstić information content (AvgIpc) is 3.45. The predicted molar refractivity (Wildman–Crippen MR) is 152 cm³/mol. The monoisotopic (exact) mass is 512 g/mol. The zero-order chi connectivity index (χ0) is 27.1. The molecule has 1 fully saturated rings. The SMILES string of the molecule is C=C(C)C(=O)Nc1ccc(-c2c(C3=CC[C@H](C(=O)N4CCC[C@H]4C)CC3)c3c(N)ncnc3n2C)c(C)c1. The Kier molecular flexibility index (Phi) is 6.82. The number of carbonyl (C=O) groups excluding carboxylic acids is 2. The summed E-state index contributed by atoms with van der Waals surface area (Å²) in [6.45, 7) is 10.5. The lowest BCUT2D eigenvalue weighted by molar-refractivity contribution is -0.136. The van der Waals surface area contributed by atoms with Crippen LogP contribution >= 0.6 is 0 Å². The third kappa shape index (κ3) is 4.48. The molecule has 1 aromatic carbocycles. The number of rotatable bonds is 5. The standard InChI is InChI=1S/C30H36N6O2/c1-17(2)29(37)34-22-12-13-23(18(3)15-22)26-24(25-27(31)32-16-33-28(25)35(26)5)20-8-10-21(11-9-20)30(38)36-14-6-7-19(36)4/h8,12-13,15-16,19,21H,1,6-7,9-11,14H2,2-5H3,(H,34,37)(H2,31,32,33)/t19-,21+/m1/s1. The van der Waals surface area contributed by atoms with Crippen LogP contribution in [-0.2, 0) is 16.6 Å². The van der Waals surface area contributed by atoms with Crippen molar-refractivity contribution in [3.63, 3.8) is 0 Å². The molecule has 8 heteroatoms. The number of anilines is 2. The van der Waals surface area contributed by atoms with Crippen molar-refractivity contribution in [2.45, 2.75) is 58.9 Å². The average molecular weight is 513 g/mol. The Balaban J connectivity index is 1.55. The maximum atomic E-state index is 13.2. The number of fused-ring (bicyclic) bond motifs is 1. The number of carbonyl (C=O) groups is 2. The maximum absolute atomic E-state index is 13.2. The van der Waals surface area contributed by atoms with Crippen molar-refractivity contribution in [3.8, 4) is 11.3 Å². The smallest absolute Gasteiger partial charge is 0.250 e. The van der Waals surface area contributed by atoms with Crippen molar-refractivity contribution >= 4 is 39.9 Å². The van der Waals surface area contributed by atoms with Crippen molar-refractivity contribution in [3.05, 3.63) is 53.9 Å². The van der Waals surface area contributed by atoms with E-state index in [1.807, 2.05) is 32.2 Å². The number of nitrogens with two attached hydrogens (primary N) is 1. The van der Waals surface area contributed by atoms with Crippen LogP contribution in [0.4, 0.5) is 11.5 Å². The van der Waals surface area contributed by atoms with Crippen molar-refractivity contribution in [1.82, 2.24) is 19.4 Å². The summed E-state index contributed by atoms with van der Waals surface area (Å²) in [7, 11) is 1.99. The molecule has 2 amide bonds. The number of nitrogens with one attached hydrogen (secondary N) is 1. The number of nitrogen functional groups attached to an aromatic ring is 1. The largest absolute Gasteiger partial charge is 0.383 e. The predicted octanol–water partition coefficient (Wildman–Crippen LogP) is 5.23. The lowest BCUT2D eigenvalue weighted by atomic mass is 9.84. The zero-order valence-corrected chi connectivity index (χ0v) is 22.7. The Morgan fingerprint density at radius 3 is 2.63 bits per heavy atom. The van der Waals surface area contributed by atoms with Gasteiger partial charge in [-0.25, -0.2) is 9.97 Å². The molecule has 0 saturated carbocycles. The number of likely N-dealkylation sites (tertiary alicyclic amines) is 1. The van der Waals surface area contributed by atoms with E-state index in [1.165, 1.54) is 11.9 Å². The minimum atomic E-state index is -0.203. The summed E-state index contributed by atoms with van der Waals surface area (Å²) in [5.41, 5.74) is 13.6. The van der Waals surface area contributed by atoms with E-state index in [0.29, 0.717) is 29.5 Å². The molecule has 0 bridgehead atoms. The first-order valence-corrected chi connectivity index (χ1v) is 13.3. The first kappa shape index (κ1) is 25.7. The molecule has 3 N–H and O–H groups in total. The molecule has 38 heavy (non-hydrogen) atoms. The summed E-state index contributed by atoms with van der Waals surface area (Å²) >= 11 is 0. The second-order valence-electron chi connectivity index (χ2n) is 10.7. The van der Waals surface area contributed by atoms with Crippen LogP contribution in [0.3, 0.4) is 0 Å². The number of hydrogen-bond donors (Lipinski definition) is 2. The van der Waals surface area contributed by atoms with Gasteiger partial charge in [-0.15, -0.1) is 0 Å². The number of hydrogen-bond acceptors (Lipinski definition) is 5. The molecular formula is C30H36N6O2. The van der Waals surface area contributed by atoms with Gasteiger partial charge in [0, 0.05) is 47.9 Å². The summed E-state index contributed by atoms with van der Waals surface area (Å²) in [5, 5.41) is 3.74. The highest BCUT2D eigenvalue weighted by Crippen LogP contribution is 2.44. The third-order valence-corrected chi connectivity index (χ3v) is 8.04. The Morgan fingerprint density at radius 2 is 2.00 bits per heavy atom. The molecule has 2 atom stereocenters. The van der Waals surface area contributed by atoms with E-state index in [-0.39, 0.29) is 17.7 Å². The number of allylic oxidation sites excluding steroid dienone is 2. The van der Waals surface area contributed by atoms with Gasteiger partial charge >= 0.3 is 0 Å². The van der Waals surface area contributed by atoms with Crippen LogP contribution in [0, 0.1) is 12.8 Å². The quantitative estimate of drug-likeness (QED) is 0.455. The number of amides is 2. The van der Waals surface area contributed by atoms with Gasteiger partial charge in [-0.3, -0.25) is 9.59 Å². The molecule has 3 aromatic rings. The molecule has 198 valence electrons. The molecule has 0 radical (unpaired) electrons. The minimum Gasteiger partial charge on any atom is -0.383 e. The molecule has 2 aliphatic rings. The van der Waals surface area contributed by atoms with Gasteiger partial charge < -0.3 is 20.5 Å². The van der Waals surface area contributed by atoms with E-state index < -0.39 is 0 Å². The summed E-state index contributed by atoms with van der Waals surface area (Å²) in [6, 6.07) is 6.23. The first-order valence-electron chi connectivity index (χ1n) is 13.3. The van der Waals surface area contributed by atoms with E-state index in [0.717, 1.165) is 65.6 Å². The Bertz CT molecular complexity index is 1480. The van der Waals surface area contributed by atoms with Gasteiger partial charge in [-0.2, -0.15) is 0 Å². The van der Waals surface area contributed by atoms with Crippen LogP contribution in [0.2, 0.25) is 0 Å². The molecule has 8 nitrogen and oxygen atoms in total. The molecular weight excluding hydrogens is 476 g/mol. The van der Waals surface area contributed by atoms with Gasteiger partial charge in [0.25, 0.3) is 5.91 Å². The number of nitrogens with zero attached hydrogens (tertiary/aromatic N) is 4. The molecule has 1 saturated heterocycles. The number of benzene rings is 1. The second kappa shape index (κ2) is 10.1. The van der Waals surface area contributed by atoms with Crippen molar-refractivity contribution in [1.29, 1.82) is 0 Å². The van der Waals surface area contributed by atoms with Crippen molar-refractivity contribution in [2.24, 2.45) is 13.0 Å². The molecule has 0 spiro atoms. The lowest BCUT2D eigenvalue weighted by Gasteiger charge is -2.29. The topological polar surface area (TPSA) is 106 Å². The summed E-state index contributed by atoms with van der Waals surface area (Å²) in [4.78, 5) is 36.3. The fraction of sp³-hybridized carbons (Fsp3) is 0.400. The summed E-state index contributed by atoms with van der Waals surface area (Å²) in [6.07, 6.45) is 8.20. The molecule has 1 aliphatic carbocycles. The van der Waals surface area contributed by atoms with Gasteiger partial charge in [0.2, 0.25) is 5.91 Å². The Labute approximate surface area is 223 Å². The molecule has 3 heterocycles. The lowest BCUT2D eigenvalue weighted by Crippen LogP contribution is -2.38. The molecule has 0 unspecified atom stereocenters. The molecule has 2 aromatic heterocycles. The van der Waals surface area contributed by atoms with E-state index in [1.54, 1.807) is 6.92 Å². The third-order valence-electron chi connectivity index (χ3n) is 8.04. The van der Waals surface area contributed by atoms with E-state index >= 15 is 0 Å². The highest BCUT2D eigenvalue weighted by atomic mass is 16.2. The van der Waals surface area contributed by atoms with Crippen molar-refractivity contribution < 1.29 is 9.59 Å². The fourth-order valence-electron chi connectivity index (χ4n) is 5.93. The van der Waals surface area contributed by atoms with Gasteiger partial charge in [0.15, 0.2) is 0 Å². The Hall–Kier alpha value is -3.94. The van der Waals surface area contributed by atoms with Crippen LogP contribution in [0.5, 0.6) is 0 Å². The van der Waals surface area contributed by atoms with Gasteiger partial charge in [0.1, 0.15) is 17.8 Å². The van der Waals surface area contributed by atoms with E-state index in [2.05, 4.69) is 44.3 Å². The summed E-state index contributed by atoms with van der Waals surface area (Å²) < 4.78 is 2.07. The van der Waals surface area contributed by atoms with Crippen LogP contribution in [0.25, 0.3) is 27.9 Å². The second-order valence-corrected chi connectivity index (χ2v) is 10.7. The van der Waals surface area contributed by atoms with Crippen molar-refractivity contribution in [2.75, 3.05) is 17.6 Å². The highest BCUT2D eigenvalue weighted by Gasteiger charge is 2.33. The maximum Gasteiger partial charge on any atom is 0.250 e. The number of aromatic nitrogens is 3. The fourth-order valence-corrected chi connectivity index (χ4v) is 5.93. The van der Waals surface area contributed by atoms with Gasteiger partial charge in [-0.1, -0.05) is 18.7 Å². The van der Waals surface area contributed by atoms with Gasteiger partial charge in [-0.05, 0) is 76.1 Å². The highest BCUT2D eigenvalue weighted by molar-refractivity contribution is 6.05. The summed E-state index contributed by atoms with van der Waals surface area (Å²) in [5.74, 6) is 0.545. The van der Waals surface area contributed by atoms with Crippen LogP contribution in [0.1, 0.15) is 57.1 Å². The van der Waals surface area contributed by atoms with Gasteiger partial charge in [0.05, 0.1) is 11.1 Å². The Morgan fingerprint density at radius 1 is 1.21 bits per heavy atom. The molecule has 5 rings (SSSR count). The normalized spacial score (nSPS) is 19.5. The van der Waals surface area contributed by atoms with Crippen LogP contribution in [0.15, 0.2) is 42.8 Å². The number of aryl methyl sites for hydroxylation is 2. The van der Waals surface area contributed by atoms with E-state index in [9.17, 15) is 9.59 Å². The zero-order valence-electron chi connectivity index (χ0n) is 22.7.